The molecule has 4 rings (SSSR count). The molecule has 1 unspecified atom stereocenters. The zero-order valence-corrected chi connectivity index (χ0v) is 16.1. The van der Waals surface area contributed by atoms with Crippen molar-refractivity contribution in [1.29, 1.82) is 0 Å². The number of rotatable bonds is 5. The average Bonchev–Trinajstić information content (AvgIpc) is 3.04. The van der Waals surface area contributed by atoms with Gasteiger partial charge in [0.25, 0.3) is 5.91 Å². The van der Waals surface area contributed by atoms with E-state index in [1.54, 1.807) is 12.1 Å². The Labute approximate surface area is 164 Å². The van der Waals surface area contributed by atoms with Crippen LogP contribution in [0, 0.1) is 0 Å². The van der Waals surface area contributed by atoms with Gasteiger partial charge in [0.2, 0.25) is 5.91 Å². The number of amides is 2. The lowest BCUT2D eigenvalue weighted by Gasteiger charge is -2.17. The van der Waals surface area contributed by atoms with Gasteiger partial charge in [0, 0.05) is 41.8 Å². The van der Waals surface area contributed by atoms with Crippen LogP contribution in [0.1, 0.15) is 47.3 Å². The Morgan fingerprint density at radius 3 is 2.93 bits per heavy atom. The summed E-state index contributed by atoms with van der Waals surface area (Å²) in [6.07, 6.45) is 2.12. The van der Waals surface area contributed by atoms with Crippen LogP contribution >= 0.6 is 0 Å². The summed E-state index contributed by atoms with van der Waals surface area (Å²) in [4.78, 5) is 24.1. The molecular weight excluding hydrogens is 356 g/mol. The molecule has 0 saturated carbocycles. The zero-order chi connectivity index (χ0) is 19.7. The first-order chi connectivity index (χ1) is 13.5. The van der Waals surface area contributed by atoms with Crippen LogP contribution in [-0.4, -0.2) is 24.5 Å². The number of benzene rings is 2. The van der Waals surface area contributed by atoms with Crippen LogP contribution in [0.3, 0.4) is 0 Å². The molecular formula is C22H24N2O4. The van der Waals surface area contributed by atoms with E-state index in [-0.39, 0.29) is 17.9 Å². The topological polar surface area (TPSA) is 76.7 Å². The molecule has 2 heterocycles. The number of anilines is 1. The number of aryl methyl sites for hydroxylation is 1. The third-order valence-corrected chi connectivity index (χ3v) is 5.08. The number of carbonyl (C=O) groups is 2. The normalized spacial score (nSPS) is 17.2. The van der Waals surface area contributed by atoms with Crippen molar-refractivity contribution < 1.29 is 19.1 Å². The van der Waals surface area contributed by atoms with Crippen molar-refractivity contribution in [3.8, 4) is 11.5 Å². The highest BCUT2D eigenvalue weighted by Gasteiger charge is 2.22. The van der Waals surface area contributed by atoms with E-state index >= 15 is 0 Å². The monoisotopic (exact) mass is 380 g/mol. The second kappa shape index (κ2) is 7.54. The van der Waals surface area contributed by atoms with Crippen molar-refractivity contribution >= 4 is 17.5 Å². The van der Waals surface area contributed by atoms with Crippen molar-refractivity contribution in [2.45, 2.75) is 45.8 Å². The van der Waals surface area contributed by atoms with Crippen LogP contribution in [0.25, 0.3) is 0 Å². The smallest absolute Gasteiger partial charge is 0.251 e. The molecule has 0 bridgehead atoms. The van der Waals surface area contributed by atoms with Gasteiger partial charge in [-0.1, -0.05) is 0 Å². The third kappa shape index (κ3) is 3.67. The molecule has 2 aromatic carbocycles. The van der Waals surface area contributed by atoms with Crippen LogP contribution < -0.4 is 20.1 Å². The molecule has 2 amide bonds. The number of fused-ring (bicyclic) bond motifs is 2. The van der Waals surface area contributed by atoms with Gasteiger partial charge in [-0.3, -0.25) is 9.59 Å². The highest BCUT2D eigenvalue weighted by Crippen LogP contribution is 2.35. The van der Waals surface area contributed by atoms with Crippen molar-refractivity contribution in [3.63, 3.8) is 0 Å². The summed E-state index contributed by atoms with van der Waals surface area (Å²) in [5.74, 6) is 1.51. The fraction of sp³-hybridized carbons (Fsp3) is 0.364. The Morgan fingerprint density at radius 1 is 1.25 bits per heavy atom. The quantitative estimate of drug-likeness (QED) is 0.835. The van der Waals surface area contributed by atoms with E-state index in [1.807, 2.05) is 32.0 Å². The maximum Gasteiger partial charge on any atom is 0.251 e. The third-order valence-electron chi connectivity index (χ3n) is 5.08. The van der Waals surface area contributed by atoms with Crippen molar-refractivity contribution in [2.24, 2.45) is 0 Å². The minimum absolute atomic E-state index is 0.0151. The van der Waals surface area contributed by atoms with Crippen LogP contribution in [0.15, 0.2) is 30.3 Å². The maximum absolute atomic E-state index is 12.7. The van der Waals surface area contributed by atoms with E-state index in [0.29, 0.717) is 31.6 Å². The number of hydrogen-bond acceptors (Lipinski definition) is 4. The van der Waals surface area contributed by atoms with Crippen LogP contribution in [0.4, 0.5) is 5.69 Å². The molecule has 0 saturated heterocycles. The fourth-order valence-electron chi connectivity index (χ4n) is 3.71. The summed E-state index contributed by atoms with van der Waals surface area (Å²) in [7, 11) is 0. The van der Waals surface area contributed by atoms with Gasteiger partial charge in [0.05, 0.1) is 6.61 Å². The molecule has 2 aliphatic rings. The van der Waals surface area contributed by atoms with Crippen LogP contribution in [0.5, 0.6) is 11.5 Å². The Bertz CT molecular complexity index is 938. The number of carbonyl (C=O) groups excluding carboxylic acids is 2. The second-order valence-electron chi connectivity index (χ2n) is 7.24. The molecule has 6 heteroatoms. The summed E-state index contributed by atoms with van der Waals surface area (Å²) in [6, 6.07) is 9.35. The van der Waals surface area contributed by atoms with Gasteiger partial charge in [-0.25, -0.2) is 0 Å². The predicted octanol–water partition coefficient (Wildman–Crippen LogP) is 3.22. The summed E-state index contributed by atoms with van der Waals surface area (Å²) in [5, 5.41) is 5.80. The van der Waals surface area contributed by atoms with Crippen molar-refractivity contribution in [1.82, 2.24) is 5.32 Å². The van der Waals surface area contributed by atoms with Crippen molar-refractivity contribution in [3.05, 3.63) is 52.6 Å². The van der Waals surface area contributed by atoms with Crippen molar-refractivity contribution in [2.75, 3.05) is 11.9 Å². The van der Waals surface area contributed by atoms with E-state index in [2.05, 4.69) is 10.6 Å². The Hall–Kier alpha value is -3.02. The second-order valence-corrected chi connectivity index (χ2v) is 7.24. The Balaban J connectivity index is 1.49. The van der Waals surface area contributed by atoms with E-state index in [9.17, 15) is 9.59 Å². The van der Waals surface area contributed by atoms with Gasteiger partial charge in [-0.2, -0.15) is 0 Å². The number of nitrogens with one attached hydrogen (secondary N) is 2. The van der Waals surface area contributed by atoms with Gasteiger partial charge >= 0.3 is 0 Å². The summed E-state index contributed by atoms with van der Waals surface area (Å²) >= 11 is 0. The van der Waals surface area contributed by atoms with E-state index < -0.39 is 0 Å². The van der Waals surface area contributed by atoms with E-state index in [0.717, 1.165) is 40.3 Å². The lowest BCUT2D eigenvalue weighted by Crippen LogP contribution is -2.24. The molecule has 0 aromatic heterocycles. The zero-order valence-electron chi connectivity index (χ0n) is 16.1. The SMILES string of the molecule is CCOc1cc2c(cc1CNC(=O)c1ccc3c(c1)CCC(=O)N3)OC(C)C2. The van der Waals surface area contributed by atoms with Crippen LogP contribution in [-0.2, 0) is 24.2 Å². The fourth-order valence-corrected chi connectivity index (χ4v) is 3.71. The Morgan fingerprint density at radius 2 is 2.11 bits per heavy atom. The highest BCUT2D eigenvalue weighted by molar-refractivity contribution is 5.97. The lowest BCUT2D eigenvalue weighted by atomic mass is 10.00. The highest BCUT2D eigenvalue weighted by atomic mass is 16.5. The van der Waals surface area contributed by atoms with Gasteiger partial charge in [0.1, 0.15) is 17.6 Å². The first kappa shape index (κ1) is 18.3. The van der Waals surface area contributed by atoms with Gasteiger partial charge in [-0.15, -0.1) is 0 Å². The van der Waals surface area contributed by atoms with E-state index in [4.69, 9.17) is 9.47 Å². The Kier molecular flexibility index (Phi) is 4.94. The average molecular weight is 380 g/mol. The summed E-state index contributed by atoms with van der Waals surface area (Å²) in [5.41, 5.74) is 4.40. The van der Waals surface area contributed by atoms with Gasteiger partial charge in [0.15, 0.2) is 0 Å². The first-order valence-electron chi connectivity index (χ1n) is 9.69. The van der Waals surface area contributed by atoms with Gasteiger partial charge in [-0.05, 0) is 56.2 Å². The molecule has 146 valence electrons. The standard InChI is InChI=1S/C22H24N2O4/c1-3-27-19-10-16-8-13(2)28-20(16)11-17(19)12-23-22(26)15-4-6-18-14(9-15)5-7-21(25)24-18/h4,6,9-11,13H,3,5,7-8,12H2,1-2H3,(H,23,26)(H,24,25). The molecule has 28 heavy (non-hydrogen) atoms. The molecule has 0 aliphatic carbocycles. The summed E-state index contributed by atoms with van der Waals surface area (Å²) in [6.45, 7) is 4.90. The predicted molar refractivity (Wildman–Crippen MR) is 106 cm³/mol. The van der Waals surface area contributed by atoms with Gasteiger partial charge < -0.3 is 20.1 Å². The molecule has 2 N–H and O–H groups in total. The lowest BCUT2D eigenvalue weighted by molar-refractivity contribution is -0.116. The molecule has 2 aromatic rings. The van der Waals surface area contributed by atoms with Crippen LogP contribution in [0.2, 0.25) is 0 Å². The molecule has 0 radical (unpaired) electrons. The summed E-state index contributed by atoms with van der Waals surface area (Å²) < 4.78 is 11.6. The minimum Gasteiger partial charge on any atom is -0.494 e. The minimum atomic E-state index is -0.156. The molecule has 1 atom stereocenters. The maximum atomic E-state index is 12.7. The molecule has 2 aliphatic heterocycles. The number of hydrogen-bond donors (Lipinski definition) is 2. The largest absolute Gasteiger partial charge is 0.494 e. The molecule has 0 fully saturated rings. The molecule has 0 spiro atoms. The molecule has 6 nitrogen and oxygen atoms in total. The first-order valence-corrected chi connectivity index (χ1v) is 9.69. The van der Waals surface area contributed by atoms with E-state index in [1.165, 1.54) is 0 Å². The number of ether oxygens (including phenoxy) is 2.